The molecule has 6 nitrogen and oxygen atoms in total. The van der Waals surface area contributed by atoms with Crippen molar-refractivity contribution in [1.29, 1.82) is 0 Å². The third-order valence-electron chi connectivity index (χ3n) is 3.44. The Balaban J connectivity index is 1.67. The minimum absolute atomic E-state index is 0.0222. The lowest BCUT2D eigenvalue weighted by molar-refractivity contribution is -0.124. The van der Waals surface area contributed by atoms with Gasteiger partial charge < -0.3 is 15.4 Å². The Morgan fingerprint density at radius 1 is 1.24 bits per heavy atom. The van der Waals surface area contributed by atoms with Crippen LogP contribution in [0.4, 0.5) is 4.79 Å². The topological polar surface area (TPSA) is 79.5 Å². The van der Waals surface area contributed by atoms with E-state index in [4.69, 9.17) is 4.74 Å². The fourth-order valence-corrected chi connectivity index (χ4v) is 2.16. The van der Waals surface area contributed by atoms with Gasteiger partial charge in [0, 0.05) is 5.92 Å². The number of amides is 3. The van der Waals surface area contributed by atoms with Crippen molar-refractivity contribution in [3.05, 3.63) is 29.8 Å². The zero-order chi connectivity index (χ0) is 15.1. The Bertz CT molecular complexity index is 481. The van der Waals surface area contributed by atoms with Crippen molar-refractivity contribution in [3.8, 4) is 5.75 Å². The number of carbonyl (C=O) groups is 2. The number of carbonyl (C=O) groups excluding carboxylic acids is 2. The first-order valence-electron chi connectivity index (χ1n) is 7.14. The maximum Gasteiger partial charge on any atom is 0.324 e. The molecule has 114 valence electrons. The van der Waals surface area contributed by atoms with Gasteiger partial charge in [0.1, 0.15) is 5.75 Å². The summed E-state index contributed by atoms with van der Waals surface area (Å²) in [7, 11) is 0. The van der Waals surface area contributed by atoms with Crippen LogP contribution in [0.5, 0.6) is 5.75 Å². The molecule has 0 spiro atoms. The van der Waals surface area contributed by atoms with Crippen molar-refractivity contribution < 1.29 is 14.3 Å². The first-order valence-corrected chi connectivity index (χ1v) is 7.14. The number of ether oxygens (including phenoxy) is 1. The molecule has 21 heavy (non-hydrogen) atoms. The molecule has 1 aromatic rings. The van der Waals surface area contributed by atoms with Crippen LogP contribution in [0.3, 0.4) is 0 Å². The molecule has 3 amide bonds. The van der Waals surface area contributed by atoms with Gasteiger partial charge in [-0.25, -0.2) is 4.79 Å². The second-order valence-electron chi connectivity index (χ2n) is 5.12. The average Bonchev–Trinajstić information content (AvgIpc) is 2.50. The van der Waals surface area contributed by atoms with E-state index < -0.39 is 6.03 Å². The van der Waals surface area contributed by atoms with E-state index in [-0.39, 0.29) is 18.6 Å². The number of nitrogens with one attached hydrogen (secondary N) is 3. The third-order valence-corrected chi connectivity index (χ3v) is 3.44. The lowest BCUT2D eigenvalue weighted by Gasteiger charge is -2.21. The van der Waals surface area contributed by atoms with Crippen LogP contribution in [-0.2, 0) is 4.79 Å². The van der Waals surface area contributed by atoms with Crippen LogP contribution in [0, 0.1) is 12.8 Å². The van der Waals surface area contributed by atoms with E-state index in [2.05, 4.69) is 16.0 Å². The van der Waals surface area contributed by atoms with Crippen LogP contribution in [0.25, 0.3) is 0 Å². The quantitative estimate of drug-likeness (QED) is 0.727. The first kappa shape index (κ1) is 15.3. The van der Waals surface area contributed by atoms with Gasteiger partial charge in [0.25, 0.3) is 0 Å². The number of rotatable bonds is 4. The van der Waals surface area contributed by atoms with E-state index in [1.54, 1.807) is 0 Å². The molecule has 2 rings (SSSR count). The summed E-state index contributed by atoms with van der Waals surface area (Å²) in [5.41, 5.74) is 1.14. The van der Waals surface area contributed by atoms with E-state index in [9.17, 15) is 9.59 Å². The molecule has 3 N–H and O–H groups in total. The highest BCUT2D eigenvalue weighted by Gasteiger charge is 2.22. The minimum Gasteiger partial charge on any atom is -0.473 e. The Morgan fingerprint density at radius 3 is 2.57 bits per heavy atom. The van der Waals surface area contributed by atoms with E-state index in [1.807, 2.05) is 31.2 Å². The van der Waals surface area contributed by atoms with Gasteiger partial charge >= 0.3 is 6.03 Å². The Hall–Kier alpha value is -2.08. The number of aryl methyl sites for hydroxylation is 1. The number of benzene rings is 1. The molecule has 0 aromatic heterocycles. The van der Waals surface area contributed by atoms with Crippen molar-refractivity contribution >= 4 is 11.9 Å². The summed E-state index contributed by atoms with van der Waals surface area (Å²) in [5, 5.41) is 8.03. The average molecular weight is 291 g/mol. The predicted molar refractivity (Wildman–Crippen MR) is 78.9 cm³/mol. The molecular weight excluding hydrogens is 270 g/mol. The number of imide groups is 1. The molecule has 0 aliphatic carbocycles. The van der Waals surface area contributed by atoms with Crippen LogP contribution < -0.4 is 20.7 Å². The Labute approximate surface area is 124 Å². The second-order valence-corrected chi connectivity index (χ2v) is 5.12. The smallest absolute Gasteiger partial charge is 0.324 e. The van der Waals surface area contributed by atoms with Crippen molar-refractivity contribution in [2.24, 2.45) is 5.92 Å². The molecular formula is C15H21N3O3. The lowest BCUT2D eigenvalue weighted by atomic mass is 9.97. The highest BCUT2D eigenvalue weighted by molar-refractivity contribution is 5.95. The molecule has 0 unspecified atom stereocenters. The predicted octanol–water partition coefficient (Wildman–Crippen LogP) is 1.16. The van der Waals surface area contributed by atoms with Gasteiger partial charge in [0.05, 0.1) is 0 Å². The number of urea groups is 1. The highest BCUT2D eigenvalue weighted by Crippen LogP contribution is 2.11. The molecule has 1 aliphatic rings. The molecule has 1 fully saturated rings. The van der Waals surface area contributed by atoms with Crippen molar-refractivity contribution in [3.63, 3.8) is 0 Å². The first-order chi connectivity index (χ1) is 10.1. The monoisotopic (exact) mass is 291 g/mol. The molecule has 0 saturated carbocycles. The van der Waals surface area contributed by atoms with E-state index in [1.165, 1.54) is 0 Å². The Morgan fingerprint density at radius 2 is 1.90 bits per heavy atom. The summed E-state index contributed by atoms with van der Waals surface area (Å²) < 4.78 is 5.37. The van der Waals surface area contributed by atoms with Crippen LogP contribution in [-0.4, -0.2) is 31.8 Å². The minimum atomic E-state index is -0.523. The van der Waals surface area contributed by atoms with Gasteiger partial charge in [0.2, 0.25) is 5.91 Å². The van der Waals surface area contributed by atoms with Crippen molar-refractivity contribution in [2.75, 3.05) is 19.8 Å². The van der Waals surface area contributed by atoms with E-state index in [0.717, 1.165) is 31.5 Å². The maximum absolute atomic E-state index is 11.8. The standard InChI is InChI=1S/C15H21N3O3/c1-11-2-4-13(5-3-11)21-10-17-15(20)18-14(19)12-6-8-16-9-7-12/h2-5,12,16H,6-10H2,1H3,(H2,17,18,19,20). The van der Waals surface area contributed by atoms with Gasteiger partial charge in [-0.3, -0.25) is 10.1 Å². The Kier molecular flexibility index (Phi) is 5.57. The maximum atomic E-state index is 11.8. The van der Waals surface area contributed by atoms with Gasteiger partial charge in [-0.15, -0.1) is 0 Å². The molecule has 1 heterocycles. The second kappa shape index (κ2) is 7.64. The molecule has 0 radical (unpaired) electrons. The van der Waals surface area contributed by atoms with Gasteiger partial charge in [-0.1, -0.05) is 17.7 Å². The van der Waals surface area contributed by atoms with Gasteiger partial charge in [-0.2, -0.15) is 0 Å². The highest BCUT2D eigenvalue weighted by atomic mass is 16.5. The van der Waals surface area contributed by atoms with Crippen molar-refractivity contribution in [1.82, 2.24) is 16.0 Å². The summed E-state index contributed by atoms with van der Waals surface area (Å²) in [6, 6.07) is 6.99. The summed E-state index contributed by atoms with van der Waals surface area (Å²) >= 11 is 0. The van der Waals surface area contributed by atoms with Crippen LogP contribution in [0.2, 0.25) is 0 Å². The molecule has 0 bridgehead atoms. The van der Waals surface area contributed by atoms with Gasteiger partial charge in [0.15, 0.2) is 6.73 Å². The van der Waals surface area contributed by atoms with Crippen molar-refractivity contribution in [2.45, 2.75) is 19.8 Å². The summed E-state index contributed by atoms with van der Waals surface area (Å²) in [6.07, 6.45) is 1.53. The zero-order valence-electron chi connectivity index (χ0n) is 12.1. The molecule has 0 atom stereocenters. The van der Waals surface area contributed by atoms with E-state index >= 15 is 0 Å². The lowest BCUT2D eigenvalue weighted by Crippen LogP contribution is -2.45. The largest absolute Gasteiger partial charge is 0.473 e. The van der Waals surface area contributed by atoms with Gasteiger partial charge in [-0.05, 0) is 45.0 Å². The normalized spacial score (nSPS) is 15.3. The zero-order valence-corrected chi connectivity index (χ0v) is 12.1. The summed E-state index contributed by atoms with van der Waals surface area (Å²) in [4.78, 5) is 23.4. The third kappa shape index (κ3) is 5.07. The SMILES string of the molecule is Cc1ccc(OCNC(=O)NC(=O)C2CCNCC2)cc1. The number of hydrogen-bond donors (Lipinski definition) is 3. The summed E-state index contributed by atoms with van der Waals surface area (Å²) in [6.45, 7) is 3.64. The summed E-state index contributed by atoms with van der Waals surface area (Å²) in [5.74, 6) is 0.366. The van der Waals surface area contributed by atoms with Crippen LogP contribution in [0.1, 0.15) is 18.4 Å². The molecule has 6 heteroatoms. The fraction of sp³-hybridized carbons (Fsp3) is 0.467. The molecule has 1 aromatic carbocycles. The van der Waals surface area contributed by atoms with Crippen LogP contribution >= 0.6 is 0 Å². The van der Waals surface area contributed by atoms with Crippen LogP contribution in [0.15, 0.2) is 24.3 Å². The fourth-order valence-electron chi connectivity index (χ4n) is 2.16. The number of hydrogen-bond acceptors (Lipinski definition) is 4. The molecule has 1 aliphatic heterocycles. The molecule has 1 saturated heterocycles. The van der Waals surface area contributed by atoms with E-state index in [0.29, 0.717) is 5.75 Å². The number of piperidine rings is 1.